The van der Waals surface area contributed by atoms with Crippen LogP contribution in [0.5, 0.6) is 0 Å². The molecule has 5 nitrogen and oxygen atoms in total. The summed E-state index contributed by atoms with van der Waals surface area (Å²) >= 11 is 10.5. The molecule has 2 N–H and O–H groups in total. The Morgan fingerprint density at radius 2 is 2.15 bits per heavy atom. The monoisotopic (exact) mass is 332 g/mol. The zero-order valence-electron chi connectivity index (χ0n) is 11.0. The summed E-state index contributed by atoms with van der Waals surface area (Å²) in [7, 11) is 0. The second-order valence-corrected chi connectivity index (χ2v) is 6.87. The third-order valence-corrected chi connectivity index (χ3v) is 3.61. The van der Waals surface area contributed by atoms with Crippen LogP contribution in [0.15, 0.2) is 11.2 Å². The second kappa shape index (κ2) is 7.16. The number of hydrogen-bond acceptors (Lipinski definition) is 4. The highest BCUT2D eigenvalue weighted by Crippen LogP contribution is 2.36. The Kier molecular flexibility index (Phi) is 6.12. The first-order valence-electron chi connectivity index (χ1n) is 5.86. The van der Waals surface area contributed by atoms with E-state index in [0.717, 1.165) is 24.0 Å². The minimum Gasteiger partial charge on any atom is -0.314 e. The third-order valence-electron chi connectivity index (χ3n) is 2.68. The number of nitrogens with zero attached hydrogens (tertiary/aromatic N) is 2. The lowest BCUT2D eigenvalue weighted by atomic mass is 9.96. The highest BCUT2D eigenvalue weighted by Gasteiger charge is 2.14. The molecular formula is C12H14ClN2O3PS. The molecule has 0 saturated heterocycles. The molecule has 0 atom stereocenters. The molecular weight excluding hydrogens is 319 g/mol. The number of halogens is 1. The summed E-state index contributed by atoms with van der Waals surface area (Å²) in [6.07, 6.45) is 2.68. The van der Waals surface area contributed by atoms with Crippen molar-refractivity contribution in [2.24, 2.45) is 5.16 Å². The Morgan fingerprint density at radius 3 is 2.60 bits per heavy atom. The molecule has 8 heteroatoms. The minimum atomic E-state index is -3.85. The van der Waals surface area contributed by atoms with Gasteiger partial charge >= 0.3 is 6.72 Å². The van der Waals surface area contributed by atoms with Crippen molar-refractivity contribution in [1.82, 2.24) is 0 Å². The summed E-state index contributed by atoms with van der Waals surface area (Å²) in [5, 5.41) is 13.0. The van der Waals surface area contributed by atoms with Gasteiger partial charge in [-0.05, 0) is 30.0 Å². The van der Waals surface area contributed by atoms with Crippen LogP contribution < -0.4 is 0 Å². The number of oxime groups is 1. The molecule has 0 radical (unpaired) electrons. The van der Waals surface area contributed by atoms with E-state index in [4.69, 9.17) is 21.4 Å². The van der Waals surface area contributed by atoms with E-state index in [0.29, 0.717) is 10.6 Å². The van der Waals surface area contributed by atoms with E-state index < -0.39 is 6.72 Å². The standard InChI is InChI=1S/C12H14ClN2O3PS/c1-3-8-5-9(7-15-18-19(16,17)20)11(6-14)12(13)10(8)4-2/h5,7H,3-4H2,1-2H3,(H2,16,17,20). The average molecular weight is 333 g/mol. The molecule has 0 saturated carbocycles. The zero-order chi connectivity index (χ0) is 15.3. The van der Waals surface area contributed by atoms with Crippen molar-refractivity contribution < 1.29 is 14.4 Å². The summed E-state index contributed by atoms with van der Waals surface area (Å²) in [6, 6.07) is 3.80. The summed E-state index contributed by atoms with van der Waals surface area (Å²) in [6.45, 7) is 0.0932. The average Bonchev–Trinajstić information content (AvgIpc) is 2.36. The Labute approximate surface area is 127 Å². The number of benzene rings is 1. The van der Waals surface area contributed by atoms with Crippen molar-refractivity contribution in [2.45, 2.75) is 26.7 Å². The minimum absolute atomic E-state index is 0.275. The number of rotatable bonds is 5. The van der Waals surface area contributed by atoms with E-state index in [1.165, 1.54) is 6.21 Å². The molecule has 0 aliphatic heterocycles. The summed E-state index contributed by atoms with van der Waals surface area (Å²) < 4.78 is 4.36. The topological polar surface area (TPSA) is 85.8 Å². The maximum Gasteiger partial charge on any atom is 0.396 e. The van der Waals surface area contributed by atoms with Gasteiger partial charge in [-0.1, -0.05) is 30.6 Å². The molecule has 0 unspecified atom stereocenters. The maximum absolute atomic E-state index is 9.19. The van der Waals surface area contributed by atoms with Crippen LogP contribution in [0.4, 0.5) is 0 Å². The number of nitriles is 1. The maximum atomic E-state index is 9.19. The Hall–Kier alpha value is -0.960. The lowest BCUT2D eigenvalue weighted by Crippen LogP contribution is -2.00. The highest BCUT2D eigenvalue weighted by atomic mass is 35.5. The molecule has 108 valence electrons. The van der Waals surface area contributed by atoms with Gasteiger partial charge < -0.3 is 14.4 Å². The SMILES string of the molecule is CCc1cc(C=NOP(O)(O)=S)c(C#N)c(Cl)c1CC. The molecule has 1 aromatic rings. The predicted octanol–water partition coefficient (Wildman–Crippen LogP) is 2.90. The van der Waals surface area contributed by atoms with Gasteiger partial charge in [-0.3, -0.25) is 0 Å². The van der Waals surface area contributed by atoms with Gasteiger partial charge in [0.25, 0.3) is 0 Å². The van der Waals surface area contributed by atoms with Gasteiger partial charge in [0.15, 0.2) is 0 Å². The van der Waals surface area contributed by atoms with E-state index in [2.05, 4.69) is 21.6 Å². The van der Waals surface area contributed by atoms with Gasteiger partial charge in [-0.2, -0.15) is 5.26 Å². The molecule has 0 spiro atoms. The summed E-state index contributed by atoms with van der Waals surface area (Å²) in [4.78, 5) is 17.8. The molecule has 0 aromatic heterocycles. The lowest BCUT2D eigenvalue weighted by molar-refractivity contribution is 0.266. The van der Waals surface area contributed by atoms with Gasteiger partial charge in [-0.15, -0.1) is 0 Å². The van der Waals surface area contributed by atoms with Gasteiger partial charge in [0, 0.05) is 17.4 Å². The van der Waals surface area contributed by atoms with E-state index in [1.807, 2.05) is 19.9 Å². The van der Waals surface area contributed by atoms with Gasteiger partial charge in [0.05, 0.1) is 16.8 Å². The molecule has 0 aliphatic carbocycles. The largest absolute Gasteiger partial charge is 0.396 e. The quantitative estimate of drug-likeness (QED) is 0.492. The van der Waals surface area contributed by atoms with Crippen LogP contribution in [-0.2, 0) is 29.3 Å². The third kappa shape index (κ3) is 4.27. The first-order valence-corrected chi connectivity index (χ1v) is 8.86. The molecule has 1 rings (SSSR count). The van der Waals surface area contributed by atoms with Crippen LogP contribution in [0.25, 0.3) is 0 Å². The fraction of sp³-hybridized carbons (Fsp3) is 0.333. The van der Waals surface area contributed by atoms with Crippen LogP contribution in [-0.4, -0.2) is 16.0 Å². The fourth-order valence-electron chi connectivity index (χ4n) is 1.82. The molecule has 0 heterocycles. The Balaban J connectivity index is 3.30. The van der Waals surface area contributed by atoms with Crippen LogP contribution in [0, 0.1) is 11.3 Å². The Morgan fingerprint density at radius 1 is 1.50 bits per heavy atom. The fourth-order valence-corrected chi connectivity index (χ4v) is 2.51. The van der Waals surface area contributed by atoms with Gasteiger partial charge in [0.2, 0.25) is 0 Å². The first-order chi connectivity index (χ1) is 9.34. The molecule has 1 aromatic carbocycles. The van der Waals surface area contributed by atoms with Crippen molar-refractivity contribution in [2.75, 3.05) is 0 Å². The highest BCUT2D eigenvalue weighted by molar-refractivity contribution is 8.06. The first kappa shape index (κ1) is 17.1. The lowest BCUT2D eigenvalue weighted by Gasteiger charge is -2.12. The van der Waals surface area contributed by atoms with E-state index in [9.17, 15) is 5.26 Å². The van der Waals surface area contributed by atoms with Gasteiger partial charge in [-0.25, -0.2) is 0 Å². The van der Waals surface area contributed by atoms with E-state index in [1.54, 1.807) is 6.07 Å². The van der Waals surface area contributed by atoms with Crippen LogP contribution in [0.2, 0.25) is 5.02 Å². The van der Waals surface area contributed by atoms with E-state index >= 15 is 0 Å². The van der Waals surface area contributed by atoms with Crippen LogP contribution in [0.3, 0.4) is 0 Å². The molecule has 0 aliphatic rings. The summed E-state index contributed by atoms with van der Waals surface area (Å²) in [5.41, 5.74) is 2.66. The predicted molar refractivity (Wildman–Crippen MR) is 82.3 cm³/mol. The van der Waals surface area contributed by atoms with Crippen molar-refractivity contribution in [3.8, 4) is 6.07 Å². The van der Waals surface area contributed by atoms with Crippen molar-refractivity contribution in [1.29, 1.82) is 5.26 Å². The van der Waals surface area contributed by atoms with E-state index in [-0.39, 0.29) is 5.56 Å². The smallest absolute Gasteiger partial charge is 0.314 e. The Bertz CT molecular complexity index is 622. The molecule has 0 bridgehead atoms. The molecule has 20 heavy (non-hydrogen) atoms. The normalized spacial score (nSPS) is 11.6. The molecule has 0 amide bonds. The van der Waals surface area contributed by atoms with Gasteiger partial charge in [0.1, 0.15) is 6.07 Å². The van der Waals surface area contributed by atoms with Crippen molar-refractivity contribution in [3.05, 3.63) is 33.3 Å². The zero-order valence-corrected chi connectivity index (χ0v) is 13.5. The van der Waals surface area contributed by atoms with Crippen molar-refractivity contribution in [3.63, 3.8) is 0 Å². The number of aryl methyl sites for hydroxylation is 1. The van der Waals surface area contributed by atoms with Crippen molar-refractivity contribution >= 4 is 36.3 Å². The second-order valence-electron chi connectivity index (χ2n) is 3.92. The molecule has 0 fully saturated rings. The van der Waals surface area contributed by atoms with Crippen LogP contribution in [0.1, 0.15) is 36.1 Å². The van der Waals surface area contributed by atoms with Crippen LogP contribution >= 0.6 is 18.3 Å². The number of hydrogen-bond donors (Lipinski definition) is 2. The summed E-state index contributed by atoms with van der Waals surface area (Å²) in [5.74, 6) is 0.